The van der Waals surface area contributed by atoms with Gasteiger partial charge in [-0.1, -0.05) is 54.1 Å². The molecule has 3 amide bonds. The number of fused-ring (bicyclic) bond motifs is 5. The van der Waals surface area contributed by atoms with E-state index in [9.17, 15) is 14.4 Å². The Balaban J connectivity index is 1.45. The first-order valence-electron chi connectivity index (χ1n) is 10.9. The molecule has 168 valence electrons. The van der Waals surface area contributed by atoms with Crippen LogP contribution in [-0.4, -0.2) is 35.0 Å². The Labute approximate surface area is 200 Å². The van der Waals surface area contributed by atoms with Gasteiger partial charge in [0.25, 0.3) is 0 Å². The summed E-state index contributed by atoms with van der Waals surface area (Å²) in [4.78, 5) is 42.2. The number of nitrogens with one attached hydrogen (secondary N) is 1. The Bertz CT molecular complexity index is 1340. The number of carbonyl (C=O) groups excluding carboxylic acids is 3. The monoisotopic (exact) mass is 470 g/mol. The molecule has 3 aromatic carbocycles. The summed E-state index contributed by atoms with van der Waals surface area (Å²) in [6.07, 6.45) is 1.68. The van der Waals surface area contributed by atoms with Gasteiger partial charge in [0.2, 0.25) is 17.7 Å². The van der Waals surface area contributed by atoms with Crippen LogP contribution in [0.2, 0.25) is 5.02 Å². The van der Waals surface area contributed by atoms with E-state index in [4.69, 9.17) is 11.6 Å². The van der Waals surface area contributed by atoms with Crippen LogP contribution in [0.4, 0.5) is 11.4 Å². The van der Waals surface area contributed by atoms with E-state index in [2.05, 4.69) is 10.4 Å². The molecule has 8 heteroatoms. The lowest BCUT2D eigenvalue weighted by Crippen LogP contribution is -2.46. The maximum atomic E-state index is 13.7. The van der Waals surface area contributed by atoms with Crippen LogP contribution in [0.3, 0.4) is 0 Å². The Morgan fingerprint density at radius 2 is 1.53 bits per heavy atom. The van der Waals surface area contributed by atoms with E-state index in [1.54, 1.807) is 47.6 Å². The minimum atomic E-state index is -0.937. The van der Waals surface area contributed by atoms with Gasteiger partial charge in [-0.3, -0.25) is 19.4 Å². The molecule has 3 aliphatic rings. The first-order chi connectivity index (χ1) is 16.5. The average molecular weight is 471 g/mol. The molecule has 3 heterocycles. The van der Waals surface area contributed by atoms with E-state index in [0.717, 1.165) is 11.1 Å². The normalized spacial score (nSPS) is 24.6. The molecule has 0 radical (unpaired) electrons. The molecule has 3 aliphatic heterocycles. The number of anilines is 2. The molecule has 4 atom stereocenters. The van der Waals surface area contributed by atoms with Gasteiger partial charge in [-0.25, -0.2) is 4.90 Å². The zero-order valence-corrected chi connectivity index (χ0v) is 18.6. The van der Waals surface area contributed by atoms with Gasteiger partial charge in [0.1, 0.15) is 6.04 Å². The maximum Gasteiger partial charge on any atom is 0.249 e. The van der Waals surface area contributed by atoms with E-state index in [-0.39, 0.29) is 11.8 Å². The van der Waals surface area contributed by atoms with Crippen molar-refractivity contribution in [2.45, 2.75) is 12.1 Å². The van der Waals surface area contributed by atoms with E-state index < -0.39 is 29.8 Å². The molecule has 2 saturated heterocycles. The number of hydrogen-bond acceptors (Lipinski definition) is 5. The van der Waals surface area contributed by atoms with Gasteiger partial charge in [-0.15, -0.1) is 0 Å². The Kier molecular flexibility index (Phi) is 4.74. The van der Waals surface area contributed by atoms with Crippen LogP contribution in [0.15, 0.2) is 84.0 Å². The van der Waals surface area contributed by atoms with E-state index in [0.29, 0.717) is 16.4 Å². The highest BCUT2D eigenvalue weighted by molar-refractivity contribution is 6.31. The fraction of sp³-hybridized carbons (Fsp3) is 0.154. The fourth-order valence-electron chi connectivity index (χ4n) is 5.25. The van der Waals surface area contributed by atoms with Crippen molar-refractivity contribution >= 4 is 46.9 Å². The molecule has 0 saturated carbocycles. The lowest BCUT2D eigenvalue weighted by atomic mass is 9.85. The number of carbonyl (C=O) groups is 3. The zero-order valence-electron chi connectivity index (χ0n) is 17.8. The van der Waals surface area contributed by atoms with E-state index in [1.807, 2.05) is 42.5 Å². The summed E-state index contributed by atoms with van der Waals surface area (Å²) >= 11 is 6.01. The van der Waals surface area contributed by atoms with Crippen molar-refractivity contribution in [3.63, 3.8) is 0 Å². The summed E-state index contributed by atoms with van der Waals surface area (Å²) in [5.74, 6) is -2.74. The minimum absolute atomic E-state index is 0.339. The number of benzene rings is 3. The van der Waals surface area contributed by atoms with Gasteiger partial charge in [-0.05, 0) is 47.5 Å². The highest BCUT2D eigenvalue weighted by Gasteiger charge is 2.65. The molecule has 7 nitrogen and oxygen atoms in total. The largest absolute Gasteiger partial charge is 0.324 e. The number of amides is 3. The third kappa shape index (κ3) is 3.04. The van der Waals surface area contributed by atoms with Crippen LogP contribution in [0, 0.1) is 11.8 Å². The number of hydrogen-bond donors (Lipinski definition) is 1. The van der Waals surface area contributed by atoms with E-state index >= 15 is 0 Å². The lowest BCUT2D eigenvalue weighted by Gasteiger charge is -2.33. The molecule has 1 N–H and O–H groups in total. The number of hydrazone groups is 1. The van der Waals surface area contributed by atoms with Gasteiger partial charge in [0, 0.05) is 10.7 Å². The summed E-state index contributed by atoms with van der Waals surface area (Å²) in [6, 6.07) is 21.8. The first-order valence-corrected chi connectivity index (χ1v) is 11.3. The summed E-state index contributed by atoms with van der Waals surface area (Å²) < 4.78 is 0. The second kappa shape index (κ2) is 7.81. The fourth-order valence-corrected chi connectivity index (χ4v) is 5.38. The third-order valence-corrected chi connectivity index (χ3v) is 6.94. The predicted molar refractivity (Wildman–Crippen MR) is 128 cm³/mol. The predicted octanol–water partition coefficient (Wildman–Crippen LogP) is 3.86. The molecular weight excluding hydrogens is 452 g/mol. The molecular formula is C26H19ClN4O3. The second-order valence-corrected chi connectivity index (χ2v) is 8.97. The smallest absolute Gasteiger partial charge is 0.249 e. The van der Waals surface area contributed by atoms with Crippen molar-refractivity contribution in [3.05, 3.63) is 95.0 Å². The van der Waals surface area contributed by atoms with Crippen LogP contribution in [-0.2, 0) is 14.4 Å². The average Bonchev–Trinajstić information content (AvgIpc) is 3.33. The third-order valence-electron chi connectivity index (χ3n) is 6.69. The van der Waals surface area contributed by atoms with Crippen molar-refractivity contribution in [3.8, 4) is 0 Å². The second-order valence-electron chi connectivity index (χ2n) is 8.54. The standard InChI is InChI=1S/C26H19ClN4O3/c27-16-10-12-18(13-11-16)30-25(33)20-21(26(30)34)23(24(32)29-17-7-2-1-3-8-17)31-22(20)19-9-5-4-6-15(19)14-28-31/h1-14,20-23H,(H,29,32)/t20-,21-,22-,23+/m1/s1. The highest BCUT2D eigenvalue weighted by Crippen LogP contribution is 2.52. The van der Waals surface area contributed by atoms with Crippen molar-refractivity contribution in [2.24, 2.45) is 16.9 Å². The lowest BCUT2D eigenvalue weighted by molar-refractivity contribution is -0.129. The molecule has 2 fully saturated rings. The number of halogens is 1. The van der Waals surface area contributed by atoms with Crippen LogP contribution in [0.1, 0.15) is 17.2 Å². The maximum absolute atomic E-state index is 13.7. The van der Waals surface area contributed by atoms with Crippen molar-refractivity contribution in [1.29, 1.82) is 0 Å². The number of nitrogens with zero attached hydrogens (tertiary/aromatic N) is 3. The molecule has 34 heavy (non-hydrogen) atoms. The molecule has 0 bridgehead atoms. The highest BCUT2D eigenvalue weighted by atomic mass is 35.5. The van der Waals surface area contributed by atoms with Crippen molar-refractivity contribution < 1.29 is 14.4 Å². The summed E-state index contributed by atoms with van der Waals surface area (Å²) in [6.45, 7) is 0. The number of rotatable bonds is 3. The Hall–Kier alpha value is -3.97. The first kappa shape index (κ1) is 20.6. The Morgan fingerprint density at radius 1 is 0.853 bits per heavy atom. The van der Waals surface area contributed by atoms with Crippen LogP contribution in [0.5, 0.6) is 0 Å². The SMILES string of the molecule is O=C(Nc1ccccc1)[C@@H]1[C@@H]2C(=O)N(c3ccc(Cl)cc3)C(=O)[C@H]2[C@H]2c3ccccc3C=NN12. The number of para-hydroxylation sites is 1. The molecule has 0 aromatic heterocycles. The minimum Gasteiger partial charge on any atom is -0.324 e. The van der Waals surface area contributed by atoms with Crippen molar-refractivity contribution in [2.75, 3.05) is 10.2 Å². The topological polar surface area (TPSA) is 82.1 Å². The summed E-state index contributed by atoms with van der Waals surface area (Å²) in [5.41, 5.74) is 2.80. The van der Waals surface area contributed by atoms with Gasteiger partial charge in [-0.2, -0.15) is 5.10 Å². The summed E-state index contributed by atoms with van der Waals surface area (Å²) in [7, 11) is 0. The van der Waals surface area contributed by atoms with E-state index in [1.165, 1.54) is 4.90 Å². The van der Waals surface area contributed by atoms with Crippen LogP contribution in [0.25, 0.3) is 0 Å². The van der Waals surface area contributed by atoms with Gasteiger partial charge < -0.3 is 5.32 Å². The van der Waals surface area contributed by atoms with Crippen LogP contribution < -0.4 is 10.2 Å². The number of imide groups is 1. The van der Waals surface area contributed by atoms with Gasteiger partial charge in [0.05, 0.1) is 29.8 Å². The molecule has 3 aromatic rings. The zero-order chi connectivity index (χ0) is 23.4. The van der Waals surface area contributed by atoms with Gasteiger partial charge >= 0.3 is 0 Å². The Morgan fingerprint density at radius 3 is 2.29 bits per heavy atom. The molecule has 0 unspecified atom stereocenters. The molecule has 0 aliphatic carbocycles. The quantitative estimate of drug-likeness (QED) is 0.589. The van der Waals surface area contributed by atoms with Gasteiger partial charge in [0.15, 0.2) is 0 Å². The molecule has 6 rings (SSSR count). The molecule has 0 spiro atoms. The van der Waals surface area contributed by atoms with Crippen LogP contribution >= 0.6 is 11.6 Å². The van der Waals surface area contributed by atoms with Crippen molar-refractivity contribution in [1.82, 2.24) is 5.01 Å². The summed E-state index contributed by atoms with van der Waals surface area (Å²) in [5, 5.41) is 9.58.